The maximum atomic E-state index is 13.8. The molecule has 1 fully saturated rings. The first-order valence-electron chi connectivity index (χ1n) is 22.4. The lowest BCUT2D eigenvalue weighted by Crippen LogP contribution is -2.59. The topological polar surface area (TPSA) is 299 Å². The van der Waals surface area contributed by atoms with Gasteiger partial charge in [0, 0.05) is 32.9 Å². The standard InChI is InChI=1S/C49H65N7O13/c1-26(23-27(2)39(69-9)25-33-13-11-10-12-14-33)15-20-36-28(3)42(59)53-37(48(65)66)21-22-40(58)56(8)32(7)46(63)51-31(6)45(62)54-38(24-34-16-18-35(57)19-17-34)47(64)55-41(49(67)68)29(4)43(60)50-30(5)44(61)52-36/h10-20,23,27-31,36-39,41,57H,7,21-22,24-25H2,1-6,8-9H3,(H,50,60)(H,51,63)(H,52,61)(H,53,59)(H,54,62)(H,55,64)(H,65,66)(H,67,68)/b20-15+,26-23+/t27-,28-,29-,30-,31+,36?,37+,38-,39-,41?/m0/s1. The summed E-state index contributed by atoms with van der Waals surface area (Å²) in [4.78, 5) is 121. The highest BCUT2D eigenvalue weighted by molar-refractivity contribution is 6.00. The summed E-state index contributed by atoms with van der Waals surface area (Å²) < 4.78 is 5.79. The maximum Gasteiger partial charge on any atom is 0.327 e. The van der Waals surface area contributed by atoms with Gasteiger partial charge in [-0.25, -0.2) is 9.59 Å². The highest BCUT2D eigenvalue weighted by Gasteiger charge is 2.37. The van der Waals surface area contributed by atoms with Gasteiger partial charge in [-0.3, -0.25) is 33.6 Å². The van der Waals surface area contributed by atoms with E-state index < -0.39 is 120 Å². The normalized spacial score (nSPS) is 25.7. The molecule has 69 heavy (non-hydrogen) atoms. The average molecular weight is 960 g/mol. The molecule has 20 heteroatoms. The molecule has 374 valence electrons. The van der Waals surface area contributed by atoms with Gasteiger partial charge in [0.1, 0.15) is 41.7 Å². The average Bonchev–Trinajstić information content (AvgIpc) is 3.31. The summed E-state index contributed by atoms with van der Waals surface area (Å²) in [5.74, 6) is -12.3. The number of methoxy groups -OCH3 is 1. The third-order valence-electron chi connectivity index (χ3n) is 11.8. The molecule has 2 aromatic carbocycles. The molecule has 0 spiro atoms. The van der Waals surface area contributed by atoms with Crippen molar-refractivity contribution in [3.63, 3.8) is 0 Å². The number of ether oxygens (including phenoxy) is 1. The lowest BCUT2D eigenvalue weighted by molar-refractivity contribution is -0.146. The van der Waals surface area contributed by atoms with E-state index >= 15 is 0 Å². The molecule has 3 rings (SSSR count). The van der Waals surface area contributed by atoms with Crippen LogP contribution in [0.15, 0.2) is 90.7 Å². The van der Waals surface area contributed by atoms with Crippen LogP contribution in [0.5, 0.6) is 5.75 Å². The molecule has 2 unspecified atom stereocenters. The quantitative estimate of drug-likeness (QED) is 0.114. The van der Waals surface area contributed by atoms with Crippen LogP contribution < -0.4 is 31.9 Å². The van der Waals surface area contributed by atoms with E-state index in [0.717, 1.165) is 16.0 Å². The minimum Gasteiger partial charge on any atom is -0.508 e. The molecule has 0 radical (unpaired) electrons. The van der Waals surface area contributed by atoms with E-state index in [2.05, 4.69) is 38.5 Å². The predicted molar refractivity (Wildman–Crippen MR) is 252 cm³/mol. The number of carboxylic acid groups (broad SMARTS) is 2. The lowest BCUT2D eigenvalue weighted by Gasteiger charge is -2.27. The van der Waals surface area contributed by atoms with Crippen molar-refractivity contribution < 1.29 is 63.2 Å². The number of hydrogen-bond acceptors (Lipinski definition) is 11. The largest absolute Gasteiger partial charge is 0.508 e. The molecule has 0 saturated carbocycles. The van der Waals surface area contributed by atoms with Crippen LogP contribution in [0.2, 0.25) is 0 Å². The molecule has 0 aliphatic carbocycles. The molecule has 20 nitrogen and oxygen atoms in total. The number of rotatable bonds is 11. The second-order valence-corrected chi connectivity index (χ2v) is 17.2. The van der Waals surface area contributed by atoms with E-state index in [1.807, 2.05) is 43.3 Å². The number of phenols is 1. The van der Waals surface area contributed by atoms with E-state index in [0.29, 0.717) is 12.0 Å². The molecule has 7 amide bonds. The van der Waals surface area contributed by atoms with Crippen molar-refractivity contribution in [2.75, 3.05) is 14.2 Å². The van der Waals surface area contributed by atoms with Crippen molar-refractivity contribution >= 4 is 53.3 Å². The number of hydrogen-bond donors (Lipinski definition) is 9. The Morgan fingerprint density at radius 2 is 1.36 bits per heavy atom. The monoisotopic (exact) mass is 959 g/mol. The Bertz CT molecular complexity index is 2270. The number of phenolic OH excluding ortho intramolecular Hbond substituents is 1. The van der Waals surface area contributed by atoms with Crippen LogP contribution in [0.1, 0.15) is 65.5 Å². The van der Waals surface area contributed by atoms with Crippen LogP contribution in [0.25, 0.3) is 0 Å². The SMILES string of the molecule is C=C1C(=O)N[C@H](C)C(=O)N[C@@H](Cc2ccc(O)cc2)C(=O)NC(C(=O)O)[C@H](C)C(=O)N[C@@H](C)C(=O)NC(/C=C/C(C)=C/[C@H](C)[C@H](Cc2ccccc2)OC)[C@H](C)C(=O)N[C@@H](C(=O)O)CCC(=O)N1C. The molecule has 0 bridgehead atoms. The lowest BCUT2D eigenvalue weighted by atomic mass is 9.94. The van der Waals surface area contributed by atoms with Crippen LogP contribution in [0.3, 0.4) is 0 Å². The van der Waals surface area contributed by atoms with Crippen LogP contribution in [-0.4, -0.2) is 130 Å². The summed E-state index contributed by atoms with van der Waals surface area (Å²) in [7, 11) is 2.81. The molecular weight excluding hydrogens is 895 g/mol. The zero-order chi connectivity index (χ0) is 51.7. The molecule has 0 aromatic heterocycles. The molecule has 10 atom stereocenters. The Balaban J connectivity index is 2.03. The van der Waals surface area contributed by atoms with Crippen LogP contribution >= 0.6 is 0 Å². The van der Waals surface area contributed by atoms with Gasteiger partial charge in [0.15, 0.2) is 0 Å². The van der Waals surface area contributed by atoms with Gasteiger partial charge in [0.25, 0.3) is 5.91 Å². The highest BCUT2D eigenvalue weighted by atomic mass is 16.5. The van der Waals surface area contributed by atoms with E-state index in [4.69, 9.17) is 4.74 Å². The molecular formula is C49H65N7O13. The number of carboxylic acids is 2. The van der Waals surface area contributed by atoms with Gasteiger partial charge in [-0.2, -0.15) is 0 Å². The van der Waals surface area contributed by atoms with Crippen molar-refractivity contribution in [3.8, 4) is 5.75 Å². The fourth-order valence-corrected chi connectivity index (χ4v) is 7.19. The Hall–Kier alpha value is -7.35. The van der Waals surface area contributed by atoms with Gasteiger partial charge in [-0.15, -0.1) is 0 Å². The van der Waals surface area contributed by atoms with Crippen molar-refractivity contribution in [1.29, 1.82) is 0 Å². The van der Waals surface area contributed by atoms with Gasteiger partial charge in [-0.1, -0.05) is 93.6 Å². The third kappa shape index (κ3) is 17.0. The Morgan fingerprint density at radius 3 is 1.96 bits per heavy atom. The number of likely N-dealkylation sites (N-methyl/N-ethyl adjacent to an activating group) is 1. The third-order valence-corrected chi connectivity index (χ3v) is 11.8. The molecule has 1 saturated heterocycles. The number of aliphatic carboxylic acids is 2. The van der Waals surface area contributed by atoms with Gasteiger partial charge in [0.05, 0.1) is 24.0 Å². The van der Waals surface area contributed by atoms with Crippen LogP contribution in [0.4, 0.5) is 0 Å². The van der Waals surface area contributed by atoms with E-state index in [1.165, 1.54) is 65.1 Å². The predicted octanol–water partition coefficient (Wildman–Crippen LogP) is 1.49. The second kappa shape index (κ2) is 26.3. The summed E-state index contributed by atoms with van der Waals surface area (Å²) in [5, 5.41) is 44.8. The van der Waals surface area contributed by atoms with Crippen molar-refractivity contribution in [1.82, 2.24) is 36.8 Å². The summed E-state index contributed by atoms with van der Waals surface area (Å²) in [6.45, 7) is 12.6. The number of allylic oxidation sites excluding steroid dienone is 2. The number of aromatic hydroxyl groups is 1. The first kappa shape index (κ1) is 56.0. The van der Waals surface area contributed by atoms with Crippen molar-refractivity contribution in [2.24, 2.45) is 17.8 Å². The minimum absolute atomic E-state index is 0.0952. The Labute approximate surface area is 401 Å². The number of amides is 7. The Morgan fingerprint density at radius 1 is 0.768 bits per heavy atom. The number of nitrogens with zero attached hydrogens (tertiary/aromatic N) is 1. The number of nitrogens with one attached hydrogen (secondary N) is 6. The molecule has 1 aliphatic rings. The summed E-state index contributed by atoms with van der Waals surface area (Å²) >= 11 is 0. The summed E-state index contributed by atoms with van der Waals surface area (Å²) in [6, 6.07) is 6.44. The highest BCUT2D eigenvalue weighted by Crippen LogP contribution is 2.19. The first-order chi connectivity index (χ1) is 32.4. The second-order valence-electron chi connectivity index (χ2n) is 17.2. The van der Waals surface area contributed by atoms with Gasteiger partial charge < -0.3 is 56.9 Å². The molecule has 1 aliphatic heterocycles. The number of carbonyl (C=O) groups is 9. The molecule has 9 N–H and O–H groups in total. The van der Waals surface area contributed by atoms with Crippen molar-refractivity contribution in [3.05, 3.63) is 102 Å². The number of carbonyl (C=O) groups excluding carboxylic acids is 7. The molecule has 2 aromatic rings. The fourth-order valence-electron chi connectivity index (χ4n) is 7.19. The van der Waals surface area contributed by atoms with Gasteiger partial charge in [-0.05, 0) is 56.9 Å². The van der Waals surface area contributed by atoms with Crippen LogP contribution in [0, 0.1) is 17.8 Å². The minimum atomic E-state index is -1.90. The van der Waals surface area contributed by atoms with E-state index in [-0.39, 0.29) is 24.2 Å². The fraction of sp³-hybridized carbons (Fsp3) is 0.449. The zero-order valence-electron chi connectivity index (χ0n) is 40.1. The maximum absolute atomic E-state index is 13.8. The molecule has 1 heterocycles. The Kier molecular flexibility index (Phi) is 21.3. The van der Waals surface area contributed by atoms with Crippen molar-refractivity contribution in [2.45, 2.75) is 110 Å². The van der Waals surface area contributed by atoms with Gasteiger partial charge >= 0.3 is 11.9 Å². The summed E-state index contributed by atoms with van der Waals surface area (Å²) in [5.41, 5.74) is 1.78. The van der Waals surface area contributed by atoms with E-state index in [9.17, 15) is 58.5 Å². The summed E-state index contributed by atoms with van der Waals surface area (Å²) in [6.07, 6.45) is 4.39. The zero-order valence-corrected chi connectivity index (χ0v) is 40.1. The smallest absolute Gasteiger partial charge is 0.327 e. The number of benzene rings is 2. The first-order valence-corrected chi connectivity index (χ1v) is 22.4. The van der Waals surface area contributed by atoms with E-state index in [1.54, 1.807) is 20.1 Å². The van der Waals surface area contributed by atoms with Crippen LogP contribution in [-0.2, 0) is 60.7 Å². The van der Waals surface area contributed by atoms with Gasteiger partial charge in [0.2, 0.25) is 35.4 Å².